The molecule has 0 aliphatic rings. The lowest BCUT2D eigenvalue weighted by Crippen LogP contribution is -2.29. The molecule has 0 saturated heterocycles. The molecule has 1 aromatic heterocycles. The fraction of sp³-hybridized carbons (Fsp3) is 0.263. The zero-order valence-electron chi connectivity index (χ0n) is 15.7. The van der Waals surface area contributed by atoms with Gasteiger partial charge in [-0.25, -0.2) is 0 Å². The van der Waals surface area contributed by atoms with E-state index in [1.54, 1.807) is 30.0 Å². The van der Waals surface area contributed by atoms with E-state index in [4.69, 9.17) is 14.2 Å². The quantitative estimate of drug-likeness (QED) is 0.601. The SMILES string of the molecule is CCOc1ccc(-n2nnnc2CNC(=O)COc2ccccc2OC)cc1. The largest absolute Gasteiger partial charge is 0.494 e. The van der Waals surface area contributed by atoms with E-state index in [1.165, 1.54) is 0 Å². The van der Waals surface area contributed by atoms with Crippen LogP contribution in [0.1, 0.15) is 12.7 Å². The van der Waals surface area contributed by atoms with Crippen LogP contribution in [0.25, 0.3) is 5.69 Å². The molecule has 0 fully saturated rings. The summed E-state index contributed by atoms with van der Waals surface area (Å²) in [4.78, 5) is 12.1. The number of methoxy groups -OCH3 is 1. The van der Waals surface area contributed by atoms with Crippen molar-refractivity contribution in [1.82, 2.24) is 25.5 Å². The Labute approximate surface area is 162 Å². The lowest BCUT2D eigenvalue weighted by molar-refractivity contribution is -0.123. The normalized spacial score (nSPS) is 10.4. The molecule has 0 unspecified atom stereocenters. The summed E-state index contributed by atoms with van der Waals surface area (Å²) in [5.41, 5.74) is 0.767. The van der Waals surface area contributed by atoms with Crippen molar-refractivity contribution in [3.05, 3.63) is 54.4 Å². The summed E-state index contributed by atoms with van der Waals surface area (Å²) in [6, 6.07) is 14.5. The van der Waals surface area contributed by atoms with Crippen LogP contribution in [0.15, 0.2) is 48.5 Å². The topological polar surface area (TPSA) is 100 Å². The monoisotopic (exact) mass is 383 g/mol. The molecule has 146 valence electrons. The number of amides is 1. The molecule has 9 heteroatoms. The van der Waals surface area contributed by atoms with Gasteiger partial charge in [0.2, 0.25) is 0 Å². The summed E-state index contributed by atoms with van der Waals surface area (Å²) in [5, 5.41) is 14.4. The van der Waals surface area contributed by atoms with Crippen LogP contribution >= 0.6 is 0 Å². The van der Waals surface area contributed by atoms with Gasteiger partial charge in [0.25, 0.3) is 5.91 Å². The summed E-state index contributed by atoms with van der Waals surface area (Å²) in [6.07, 6.45) is 0. The van der Waals surface area contributed by atoms with Gasteiger partial charge < -0.3 is 19.5 Å². The zero-order valence-corrected chi connectivity index (χ0v) is 15.7. The number of hydrogen-bond acceptors (Lipinski definition) is 7. The number of nitrogens with zero attached hydrogens (tertiary/aromatic N) is 4. The number of para-hydroxylation sites is 2. The van der Waals surface area contributed by atoms with Gasteiger partial charge in [-0.15, -0.1) is 5.10 Å². The third-order valence-corrected chi connectivity index (χ3v) is 3.80. The summed E-state index contributed by atoms with van der Waals surface area (Å²) in [5.74, 6) is 2.03. The Balaban J connectivity index is 1.56. The maximum atomic E-state index is 12.1. The van der Waals surface area contributed by atoms with Crippen molar-refractivity contribution in [2.45, 2.75) is 13.5 Å². The van der Waals surface area contributed by atoms with Gasteiger partial charge in [-0.3, -0.25) is 4.79 Å². The van der Waals surface area contributed by atoms with Crippen molar-refractivity contribution in [2.75, 3.05) is 20.3 Å². The van der Waals surface area contributed by atoms with E-state index in [-0.39, 0.29) is 19.1 Å². The number of nitrogens with one attached hydrogen (secondary N) is 1. The summed E-state index contributed by atoms with van der Waals surface area (Å²) in [7, 11) is 1.54. The Morgan fingerprint density at radius 3 is 2.54 bits per heavy atom. The minimum Gasteiger partial charge on any atom is -0.494 e. The molecular formula is C19H21N5O4. The van der Waals surface area contributed by atoms with Crippen LogP contribution in [0, 0.1) is 0 Å². The highest BCUT2D eigenvalue weighted by atomic mass is 16.5. The van der Waals surface area contributed by atoms with Gasteiger partial charge in [-0.1, -0.05) is 12.1 Å². The highest BCUT2D eigenvalue weighted by Gasteiger charge is 2.11. The van der Waals surface area contributed by atoms with E-state index >= 15 is 0 Å². The molecule has 2 aromatic carbocycles. The van der Waals surface area contributed by atoms with Crippen LogP contribution in [-0.2, 0) is 11.3 Å². The predicted octanol–water partition coefficient (Wildman–Crippen LogP) is 1.76. The van der Waals surface area contributed by atoms with Crippen molar-refractivity contribution < 1.29 is 19.0 Å². The standard InChI is InChI=1S/C19H21N5O4/c1-3-27-15-10-8-14(9-11-15)24-18(21-22-23-24)12-20-19(25)13-28-17-7-5-4-6-16(17)26-2/h4-11H,3,12-13H2,1-2H3,(H,20,25). The predicted molar refractivity (Wildman–Crippen MR) is 101 cm³/mol. The Bertz CT molecular complexity index is 911. The third-order valence-electron chi connectivity index (χ3n) is 3.80. The highest BCUT2D eigenvalue weighted by molar-refractivity contribution is 5.77. The van der Waals surface area contributed by atoms with E-state index in [9.17, 15) is 4.79 Å². The molecular weight excluding hydrogens is 362 g/mol. The van der Waals surface area contributed by atoms with Gasteiger partial charge in [-0.2, -0.15) is 4.68 Å². The second-order valence-corrected chi connectivity index (χ2v) is 5.65. The smallest absolute Gasteiger partial charge is 0.258 e. The van der Waals surface area contributed by atoms with Gasteiger partial charge in [-0.05, 0) is 53.7 Å². The molecule has 0 aliphatic carbocycles. The number of ether oxygens (including phenoxy) is 3. The van der Waals surface area contributed by atoms with Crippen LogP contribution in [0.2, 0.25) is 0 Å². The van der Waals surface area contributed by atoms with E-state index in [2.05, 4.69) is 20.8 Å². The molecule has 28 heavy (non-hydrogen) atoms. The summed E-state index contributed by atoms with van der Waals surface area (Å²) >= 11 is 0. The molecule has 0 bridgehead atoms. The van der Waals surface area contributed by atoms with Gasteiger partial charge in [0.05, 0.1) is 25.9 Å². The number of carbonyl (C=O) groups is 1. The van der Waals surface area contributed by atoms with Crippen LogP contribution in [0.5, 0.6) is 17.2 Å². The van der Waals surface area contributed by atoms with Gasteiger partial charge in [0, 0.05) is 0 Å². The Hall–Kier alpha value is -3.62. The second kappa shape index (κ2) is 9.36. The number of hydrogen-bond donors (Lipinski definition) is 1. The molecule has 9 nitrogen and oxygen atoms in total. The fourth-order valence-corrected chi connectivity index (χ4v) is 2.48. The third kappa shape index (κ3) is 4.76. The van der Waals surface area contributed by atoms with Gasteiger partial charge >= 0.3 is 0 Å². The number of carbonyl (C=O) groups excluding carboxylic acids is 1. The van der Waals surface area contributed by atoms with Crippen LogP contribution in [0.4, 0.5) is 0 Å². The highest BCUT2D eigenvalue weighted by Crippen LogP contribution is 2.25. The van der Waals surface area contributed by atoms with Crippen molar-refractivity contribution in [3.63, 3.8) is 0 Å². The summed E-state index contributed by atoms with van der Waals surface area (Å²) < 4.78 is 17.7. The first kappa shape index (κ1) is 19.2. The number of tetrazole rings is 1. The van der Waals surface area contributed by atoms with Crippen LogP contribution < -0.4 is 19.5 Å². The van der Waals surface area contributed by atoms with Crippen LogP contribution in [0.3, 0.4) is 0 Å². The molecule has 3 rings (SSSR count). The number of rotatable bonds is 9. The van der Waals surface area contributed by atoms with Crippen molar-refractivity contribution >= 4 is 5.91 Å². The summed E-state index contributed by atoms with van der Waals surface area (Å²) in [6.45, 7) is 2.53. The Kier molecular flexibility index (Phi) is 6.40. The first-order valence-electron chi connectivity index (χ1n) is 8.74. The minimum absolute atomic E-state index is 0.148. The van der Waals surface area contributed by atoms with E-state index < -0.39 is 0 Å². The minimum atomic E-state index is -0.299. The van der Waals surface area contributed by atoms with Crippen molar-refractivity contribution in [1.29, 1.82) is 0 Å². The van der Waals surface area contributed by atoms with E-state index in [0.29, 0.717) is 23.9 Å². The fourth-order valence-electron chi connectivity index (χ4n) is 2.48. The van der Waals surface area contributed by atoms with Gasteiger partial charge in [0.1, 0.15) is 5.75 Å². The molecule has 0 saturated carbocycles. The van der Waals surface area contributed by atoms with E-state index in [0.717, 1.165) is 11.4 Å². The lowest BCUT2D eigenvalue weighted by atomic mass is 10.3. The Morgan fingerprint density at radius 1 is 1.07 bits per heavy atom. The molecule has 0 spiro atoms. The van der Waals surface area contributed by atoms with Crippen molar-refractivity contribution in [2.24, 2.45) is 0 Å². The maximum Gasteiger partial charge on any atom is 0.258 e. The molecule has 0 radical (unpaired) electrons. The second-order valence-electron chi connectivity index (χ2n) is 5.65. The molecule has 0 atom stereocenters. The Morgan fingerprint density at radius 2 is 1.82 bits per heavy atom. The zero-order chi connectivity index (χ0) is 19.8. The van der Waals surface area contributed by atoms with Gasteiger partial charge in [0.15, 0.2) is 23.9 Å². The first-order valence-corrected chi connectivity index (χ1v) is 8.74. The van der Waals surface area contributed by atoms with E-state index in [1.807, 2.05) is 37.3 Å². The number of aromatic nitrogens is 4. The average molecular weight is 383 g/mol. The molecule has 3 aromatic rings. The number of benzene rings is 2. The maximum absolute atomic E-state index is 12.1. The molecule has 1 N–H and O–H groups in total. The molecule has 0 aliphatic heterocycles. The molecule has 1 amide bonds. The van der Waals surface area contributed by atoms with Crippen molar-refractivity contribution in [3.8, 4) is 22.9 Å². The lowest BCUT2D eigenvalue weighted by Gasteiger charge is -2.10. The molecule has 1 heterocycles. The average Bonchev–Trinajstić information content (AvgIpc) is 3.20. The van der Waals surface area contributed by atoms with Crippen LogP contribution in [-0.4, -0.2) is 46.4 Å². The first-order chi connectivity index (χ1) is 13.7.